The van der Waals surface area contributed by atoms with Gasteiger partial charge in [0.2, 0.25) is 5.95 Å². The number of aromatic nitrogens is 2. The summed E-state index contributed by atoms with van der Waals surface area (Å²) in [7, 11) is -2.50. The number of aryl methyl sites for hydroxylation is 1. The van der Waals surface area contributed by atoms with Crippen LogP contribution in [0.1, 0.15) is 37.0 Å². The van der Waals surface area contributed by atoms with Crippen molar-refractivity contribution in [1.82, 2.24) is 14.9 Å². The normalized spacial score (nSPS) is 17.5. The van der Waals surface area contributed by atoms with Gasteiger partial charge in [-0.05, 0) is 75.3 Å². The topological polar surface area (TPSA) is 117 Å². The van der Waals surface area contributed by atoms with Gasteiger partial charge in [-0.1, -0.05) is 18.5 Å². The van der Waals surface area contributed by atoms with Crippen molar-refractivity contribution in [3.05, 3.63) is 70.1 Å². The van der Waals surface area contributed by atoms with Gasteiger partial charge in [0, 0.05) is 28.4 Å². The Morgan fingerprint density at radius 1 is 1.14 bits per heavy atom. The van der Waals surface area contributed by atoms with Gasteiger partial charge in [-0.3, -0.25) is 4.72 Å². The summed E-state index contributed by atoms with van der Waals surface area (Å²) < 4.78 is 81.3. The maximum absolute atomic E-state index is 16.0. The zero-order chi connectivity index (χ0) is 31.3. The molecule has 3 aromatic carbocycles. The molecule has 14 heteroatoms. The van der Waals surface area contributed by atoms with E-state index in [4.69, 9.17) is 16.3 Å². The van der Waals surface area contributed by atoms with E-state index in [1.807, 2.05) is 6.92 Å². The summed E-state index contributed by atoms with van der Waals surface area (Å²) >= 11 is 6.08. The number of halogens is 4. The molecule has 3 N–H and O–H groups in total. The third-order valence-corrected chi connectivity index (χ3v) is 9.59. The Morgan fingerprint density at radius 2 is 1.89 bits per heavy atom. The van der Waals surface area contributed by atoms with E-state index in [9.17, 15) is 13.5 Å². The molecule has 3 heterocycles. The van der Waals surface area contributed by atoms with Gasteiger partial charge in [0.05, 0.1) is 22.2 Å². The van der Waals surface area contributed by atoms with Gasteiger partial charge in [-0.15, -0.1) is 0 Å². The minimum Gasteiger partial charge on any atom is -0.489 e. The summed E-state index contributed by atoms with van der Waals surface area (Å²) in [6, 6.07) is 5.69. The van der Waals surface area contributed by atoms with E-state index in [-0.39, 0.29) is 34.4 Å². The standard InChI is InChI=1S/C30H29ClF3N5O4S/c1-3-15-10-19(26(33)20-13-35-30(37-28(15)20)36-17-6-8-39(2)9-7-17)25-21(32)4-5-22(27(25)34)38-44(41,42)24-12-16(31)11-18-23(40)14-43-29(18)24/h4-5,10-13,17,23,38,40H,3,6-9,14H2,1-2H3,(H,35,36,37)/t23-/m1/s1. The van der Waals surface area contributed by atoms with Gasteiger partial charge in [-0.25, -0.2) is 31.6 Å². The van der Waals surface area contributed by atoms with E-state index in [1.54, 1.807) is 0 Å². The molecule has 44 heavy (non-hydrogen) atoms. The maximum atomic E-state index is 16.0. The highest BCUT2D eigenvalue weighted by molar-refractivity contribution is 7.92. The smallest absolute Gasteiger partial charge is 0.265 e. The monoisotopic (exact) mass is 647 g/mol. The first-order valence-corrected chi connectivity index (χ1v) is 15.9. The van der Waals surface area contributed by atoms with Crippen molar-refractivity contribution >= 4 is 44.2 Å². The van der Waals surface area contributed by atoms with Crippen LogP contribution < -0.4 is 14.8 Å². The number of fused-ring (bicyclic) bond motifs is 2. The van der Waals surface area contributed by atoms with E-state index in [0.29, 0.717) is 23.4 Å². The van der Waals surface area contributed by atoms with Crippen molar-refractivity contribution in [2.75, 3.05) is 36.8 Å². The first-order valence-electron chi connectivity index (χ1n) is 14.1. The number of aliphatic hydroxyl groups is 1. The average Bonchev–Trinajstić information content (AvgIpc) is 3.36. The van der Waals surface area contributed by atoms with E-state index >= 15 is 13.2 Å². The number of hydrogen-bond donors (Lipinski definition) is 3. The molecule has 4 aromatic rings. The number of aliphatic hydroxyl groups excluding tert-OH is 1. The Bertz CT molecular complexity index is 1890. The predicted octanol–water partition coefficient (Wildman–Crippen LogP) is 5.66. The number of anilines is 2. The van der Waals surface area contributed by atoms with Crippen LogP contribution in [-0.2, 0) is 16.4 Å². The Hall–Kier alpha value is -3.65. The van der Waals surface area contributed by atoms with Crippen molar-refractivity contribution in [2.24, 2.45) is 0 Å². The summed E-state index contributed by atoms with van der Waals surface area (Å²) in [4.78, 5) is 10.6. The Morgan fingerprint density at radius 3 is 2.61 bits per heavy atom. The highest BCUT2D eigenvalue weighted by atomic mass is 35.5. The molecule has 1 saturated heterocycles. The summed E-state index contributed by atoms with van der Waals surface area (Å²) in [6.07, 6.45) is 2.36. The van der Waals surface area contributed by atoms with Gasteiger partial charge < -0.3 is 20.1 Å². The fourth-order valence-corrected chi connectivity index (χ4v) is 7.17. The number of ether oxygens (including phenoxy) is 1. The lowest BCUT2D eigenvalue weighted by atomic mass is 9.96. The lowest BCUT2D eigenvalue weighted by Crippen LogP contribution is -2.37. The quantitative estimate of drug-likeness (QED) is 0.235. The number of nitrogens with zero attached hydrogens (tertiary/aromatic N) is 3. The molecule has 0 unspecified atom stereocenters. The van der Waals surface area contributed by atoms with Gasteiger partial charge in [0.25, 0.3) is 10.0 Å². The SMILES string of the molecule is CCc1cc(-c2c(F)ccc(NS(=O)(=O)c3cc(Cl)cc4c3OC[C@H]4O)c2F)c(F)c2cnc(NC3CCN(C)CC3)nc12. The van der Waals surface area contributed by atoms with Crippen LogP contribution in [0, 0.1) is 17.5 Å². The van der Waals surface area contributed by atoms with E-state index in [1.165, 1.54) is 18.3 Å². The first kappa shape index (κ1) is 30.4. The van der Waals surface area contributed by atoms with Crippen molar-refractivity contribution in [1.29, 1.82) is 0 Å². The van der Waals surface area contributed by atoms with Crippen LogP contribution in [0.5, 0.6) is 5.75 Å². The number of sulfonamides is 1. The molecule has 9 nitrogen and oxygen atoms in total. The van der Waals surface area contributed by atoms with Crippen LogP contribution in [0.25, 0.3) is 22.0 Å². The van der Waals surface area contributed by atoms with E-state index in [0.717, 1.165) is 44.1 Å². The third kappa shape index (κ3) is 5.53. The highest BCUT2D eigenvalue weighted by Gasteiger charge is 2.32. The second kappa shape index (κ2) is 11.7. The molecule has 0 saturated carbocycles. The average molecular weight is 648 g/mol. The largest absolute Gasteiger partial charge is 0.489 e. The number of likely N-dealkylation sites (tertiary alicyclic amines) is 1. The predicted molar refractivity (Wildman–Crippen MR) is 161 cm³/mol. The molecule has 6 rings (SSSR count). The third-order valence-electron chi connectivity index (χ3n) is 8.00. The highest BCUT2D eigenvalue weighted by Crippen LogP contribution is 2.42. The molecular weight excluding hydrogens is 619 g/mol. The van der Waals surface area contributed by atoms with Crippen molar-refractivity contribution in [2.45, 2.75) is 43.2 Å². The lowest BCUT2D eigenvalue weighted by Gasteiger charge is -2.29. The van der Waals surface area contributed by atoms with Crippen LogP contribution in [0.2, 0.25) is 5.02 Å². The van der Waals surface area contributed by atoms with Crippen molar-refractivity contribution in [3.63, 3.8) is 0 Å². The van der Waals surface area contributed by atoms with Crippen LogP contribution in [-0.4, -0.2) is 61.2 Å². The van der Waals surface area contributed by atoms with Crippen LogP contribution in [0.3, 0.4) is 0 Å². The zero-order valence-electron chi connectivity index (χ0n) is 23.8. The molecule has 2 aliphatic rings. The second-order valence-corrected chi connectivity index (χ2v) is 13.1. The molecule has 0 bridgehead atoms. The fraction of sp³-hybridized carbons (Fsp3) is 0.333. The number of benzene rings is 3. The molecule has 2 aliphatic heterocycles. The minimum atomic E-state index is -4.55. The molecule has 1 fully saturated rings. The summed E-state index contributed by atoms with van der Waals surface area (Å²) in [5, 5.41) is 13.4. The van der Waals surface area contributed by atoms with Gasteiger partial charge in [0.15, 0.2) is 5.82 Å². The van der Waals surface area contributed by atoms with Crippen LogP contribution >= 0.6 is 11.6 Å². The molecule has 0 spiro atoms. The van der Waals surface area contributed by atoms with Gasteiger partial charge in [0.1, 0.15) is 35.0 Å². The molecule has 0 amide bonds. The van der Waals surface area contributed by atoms with E-state index in [2.05, 4.69) is 32.0 Å². The molecule has 1 atom stereocenters. The maximum Gasteiger partial charge on any atom is 0.265 e. The molecular formula is C30H29ClF3N5O4S. The van der Waals surface area contributed by atoms with Gasteiger partial charge >= 0.3 is 0 Å². The van der Waals surface area contributed by atoms with Crippen LogP contribution in [0.4, 0.5) is 24.8 Å². The number of rotatable bonds is 7. The second-order valence-electron chi connectivity index (χ2n) is 11.0. The molecule has 0 aliphatic carbocycles. The first-order chi connectivity index (χ1) is 21.0. The van der Waals surface area contributed by atoms with Gasteiger partial charge in [-0.2, -0.15) is 0 Å². The molecule has 1 aromatic heterocycles. The number of nitrogens with one attached hydrogen (secondary N) is 2. The van der Waals surface area contributed by atoms with Crippen molar-refractivity contribution in [3.8, 4) is 16.9 Å². The summed E-state index contributed by atoms with van der Waals surface area (Å²) in [6.45, 7) is 3.47. The summed E-state index contributed by atoms with van der Waals surface area (Å²) in [5.74, 6) is -3.16. The number of hydrogen-bond acceptors (Lipinski definition) is 8. The molecule has 0 radical (unpaired) electrons. The minimum absolute atomic E-state index is 0.00573. The van der Waals surface area contributed by atoms with E-state index < -0.39 is 55.3 Å². The fourth-order valence-electron chi connectivity index (χ4n) is 5.62. The molecule has 232 valence electrons. The van der Waals surface area contributed by atoms with Crippen molar-refractivity contribution < 1.29 is 31.4 Å². The zero-order valence-corrected chi connectivity index (χ0v) is 25.4. The lowest BCUT2D eigenvalue weighted by molar-refractivity contribution is 0.140. The number of piperidine rings is 1. The Balaban J connectivity index is 1.38. The Labute approximate surface area is 257 Å². The summed E-state index contributed by atoms with van der Waals surface area (Å²) in [5.41, 5.74) is -0.777. The van der Waals surface area contributed by atoms with Crippen LogP contribution in [0.15, 0.2) is 41.4 Å². The Kier molecular flexibility index (Phi) is 8.07.